The molecule has 0 bridgehead atoms. The van der Waals surface area contributed by atoms with E-state index in [-0.39, 0.29) is 6.04 Å². The number of ether oxygens (including phenoxy) is 1. The van der Waals surface area contributed by atoms with E-state index in [9.17, 15) is 39.5 Å². The Hall–Kier alpha value is -4.92. The van der Waals surface area contributed by atoms with E-state index in [1.54, 1.807) is 6.20 Å². The number of aliphatic carboxylic acids is 3. The maximum atomic E-state index is 10.6. The van der Waals surface area contributed by atoms with Gasteiger partial charge in [0.25, 0.3) is 0 Å². The fraction of sp³-hybridized carbons (Fsp3) is 0.276. The fourth-order valence-corrected chi connectivity index (χ4v) is 3.62. The number of carboxylic acid groups (broad SMARTS) is 3. The van der Waals surface area contributed by atoms with Gasteiger partial charge in [-0.15, -0.1) is 0 Å². The van der Waals surface area contributed by atoms with Crippen LogP contribution in [0.1, 0.15) is 16.8 Å². The van der Waals surface area contributed by atoms with Crippen molar-refractivity contribution in [3.05, 3.63) is 76.2 Å². The lowest BCUT2D eigenvalue weighted by Gasteiger charge is -2.14. The van der Waals surface area contributed by atoms with Gasteiger partial charge in [0, 0.05) is 33.4 Å². The number of aromatic amines is 1. The zero-order valence-electron chi connectivity index (χ0n) is 25.4. The minimum absolute atomic E-state index is 0.0934. The highest BCUT2D eigenvalue weighted by molar-refractivity contribution is 9.10. The first kappa shape index (κ1) is 43.1. The molecule has 2 aromatic heterocycles. The van der Waals surface area contributed by atoms with E-state index in [1.165, 1.54) is 11.1 Å². The van der Waals surface area contributed by atoms with Gasteiger partial charge in [-0.25, -0.2) is 14.4 Å². The number of carboxylic acids is 3. The minimum atomic E-state index is -5.08. The number of fused-ring (bicyclic) bond motifs is 1. The van der Waals surface area contributed by atoms with Gasteiger partial charge >= 0.3 is 36.4 Å². The number of H-pyrrole nitrogens is 1. The number of rotatable bonds is 6. The molecular weight excluding hydrogens is 767 g/mol. The first-order chi connectivity index (χ1) is 22.8. The molecule has 0 aliphatic carbocycles. The standard InChI is InChI=1S/C23H23BrN4O.3C2HF3O2/c1-14-7-16(3-5-22(14)24)8-19(25)13-29-20-9-18(11-26-12-20)17-4-6-23-21(10-17)15(2)27-28-23;3*3-2(4,5)1(6)7/h3-7,9-12,19H,8,13,25H2,1-2H3,(H,27,28);3*(H,6,7)/t19-;;;/m0.../s1. The smallest absolute Gasteiger partial charge is 0.490 e. The number of aryl methyl sites for hydroxylation is 2. The number of benzene rings is 2. The third-order valence-electron chi connectivity index (χ3n) is 5.70. The first-order valence-corrected chi connectivity index (χ1v) is 14.1. The van der Waals surface area contributed by atoms with E-state index in [2.05, 4.69) is 62.3 Å². The van der Waals surface area contributed by atoms with Crippen molar-refractivity contribution in [3.63, 3.8) is 0 Å². The molecule has 11 nitrogen and oxygen atoms in total. The van der Waals surface area contributed by atoms with E-state index < -0.39 is 36.4 Å². The van der Waals surface area contributed by atoms with Crippen LogP contribution in [-0.2, 0) is 20.8 Å². The molecule has 274 valence electrons. The molecule has 0 spiro atoms. The van der Waals surface area contributed by atoms with Crippen molar-refractivity contribution in [1.82, 2.24) is 15.2 Å². The van der Waals surface area contributed by atoms with Crippen molar-refractivity contribution >= 4 is 44.7 Å². The van der Waals surface area contributed by atoms with Crippen molar-refractivity contribution in [1.29, 1.82) is 0 Å². The molecule has 2 aromatic carbocycles. The number of pyridine rings is 1. The van der Waals surface area contributed by atoms with Crippen LogP contribution in [0.3, 0.4) is 0 Å². The highest BCUT2D eigenvalue weighted by atomic mass is 79.9. The van der Waals surface area contributed by atoms with E-state index >= 15 is 0 Å². The van der Waals surface area contributed by atoms with Gasteiger partial charge in [-0.1, -0.05) is 34.1 Å². The molecule has 1 atom stereocenters. The van der Waals surface area contributed by atoms with Crippen molar-refractivity contribution in [2.75, 3.05) is 6.61 Å². The first-order valence-electron chi connectivity index (χ1n) is 13.3. The van der Waals surface area contributed by atoms with Crippen molar-refractivity contribution in [2.45, 2.75) is 44.8 Å². The predicted molar refractivity (Wildman–Crippen MR) is 161 cm³/mol. The third-order valence-corrected chi connectivity index (χ3v) is 6.59. The lowest BCUT2D eigenvalue weighted by molar-refractivity contribution is -0.193. The summed E-state index contributed by atoms with van der Waals surface area (Å²) < 4.78 is 102. The highest BCUT2D eigenvalue weighted by Crippen LogP contribution is 2.27. The Balaban J connectivity index is 0.000000486. The molecule has 0 radical (unpaired) electrons. The normalized spacial score (nSPS) is 11.9. The lowest BCUT2D eigenvalue weighted by atomic mass is 10.0. The second kappa shape index (κ2) is 18.2. The van der Waals surface area contributed by atoms with Gasteiger partial charge in [0.15, 0.2) is 0 Å². The van der Waals surface area contributed by atoms with Crippen LogP contribution in [0.5, 0.6) is 5.75 Å². The minimum Gasteiger partial charge on any atom is -0.490 e. The number of nitrogens with two attached hydrogens (primary N) is 1. The molecule has 0 amide bonds. The number of carbonyl (C=O) groups is 3. The van der Waals surface area contributed by atoms with Crippen molar-refractivity contribution < 1.29 is 74.0 Å². The Labute approximate surface area is 284 Å². The number of aromatic nitrogens is 3. The molecule has 4 aromatic rings. The Morgan fingerprint density at radius 1 is 0.820 bits per heavy atom. The van der Waals surface area contributed by atoms with Crippen molar-refractivity contribution in [3.8, 4) is 16.9 Å². The summed E-state index contributed by atoms with van der Waals surface area (Å²) in [6, 6.07) is 14.4. The van der Waals surface area contributed by atoms with Crippen LogP contribution in [0.15, 0.2) is 59.3 Å². The van der Waals surface area contributed by atoms with Crippen LogP contribution in [0.4, 0.5) is 39.5 Å². The fourth-order valence-electron chi connectivity index (χ4n) is 3.37. The van der Waals surface area contributed by atoms with Crippen molar-refractivity contribution in [2.24, 2.45) is 5.73 Å². The van der Waals surface area contributed by atoms with Gasteiger partial charge < -0.3 is 25.8 Å². The van der Waals surface area contributed by atoms with Gasteiger partial charge in [0.05, 0.1) is 11.7 Å². The van der Waals surface area contributed by atoms with E-state index in [1.807, 2.05) is 31.3 Å². The van der Waals surface area contributed by atoms with E-state index in [0.29, 0.717) is 12.4 Å². The zero-order valence-corrected chi connectivity index (χ0v) is 27.0. The molecule has 0 aliphatic rings. The molecule has 6 N–H and O–H groups in total. The molecule has 0 saturated heterocycles. The van der Waals surface area contributed by atoms with Crippen LogP contribution in [0.25, 0.3) is 22.0 Å². The maximum Gasteiger partial charge on any atom is 0.490 e. The van der Waals surface area contributed by atoms with Crippen LogP contribution >= 0.6 is 15.9 Å². The van der Waals surface area contributed by atoms with Crippen LogP contribution in [-0.4, -0.2) is 79.6 Å². The molecule has 0 saturated carbocycles. The molecule has 2 heterocycles. The third kappa shape index (κ3) is 15.1. The summed E-state index contributed by atoms with van der Waals surface area (Å²) in [5.41, 5.74) is 12.8. The second-order valence-corrected chi connectivity index (χ2v) is 10.6. The summed E-state index contributed by atoms with van der Waals surface area (Å²) >= 11 is 3.53. The Bertz CT molecular complexity index is 1700. The summed E-state index contributed by atoms with van der Waals surface area (Å²) in [6.07, 6.45) is -10.9. The van der Waals surface area contributed by atoms with Gasteiger partial charge in [-0.3, -0.25) is 10.1 Å². The van der Waals surface area contributed by atoms with Gasteiger partial charge in [0.1, 0.15) is 12.4 Å². The average molecular weight is 793 g/mol. The summed E-state index contributed by atoms with van der Waals surface area (Å²) in [6.45, 7) is 4.53. The predicted octanol–water partition coefficient (Wildman–Crippen LogP) is 6.85. The number of nitrogens with zero attached hydrogens (tertiary/aromatic N) is 2. The lowest BCUT2D eigenvalue weighted by Crippen LogP contribution is -2.30. The summed E-state index contributed by atoms with van der Waals surface area (Å²) in [5.74, 6) is -7.55. The van der Waals surface area contributed by atoms with E-state index in [0.717, 1.165) is 38.6 Å². The number of alkyl halides is 9. The molecular formula is C29H26BrF9N4O7. The summed E-state index contributed by atoms with van der Waals surface area (Å²) in [7, 11) is 0. The molecule has 4 rings (SSSR count). The topological polar surface area (TPSA) is 189 Å². The zero-order chi connectivity index (χ0) is 38.6. The van der Waals surface area contributed by atoms with Gasteiger partial charge in [-0.2, -0.15) is 44.6 Å². The number of hydrogen-bond donors (Lipinski definition) is 5. The number of halogens is 10. The Kier molecular flexibility index (Phi) is 15.7. The number of nitrogens with one attached hydrogen (secondary N) is 1. The molecule has 0 aliphatic heterocycles. The van der Waals surface area contributed by atoms with Crippen LogP contribution < -0.4 is 10.5 Å². The van der Waals surface area contributed by atoms with Crippen LogP contribution in [0, 0.1) is 13.8 Å². The van der Waals surface area contributed by atoms with Gasteiger partial charge in [-0.05, 0) is 61.2 Å². The average Bonchev–Trinajstić information content (AvgIpc) is 3.37. The molecule has 0 fully saturated rings. The summed E-state index contributed by atoms with van der Waals surface area (Å²) in [4.78, 5) is 31.0. The summed E-state index contributed by atoms with van der Waals surface area (Å²) in [5, 5.41) is 29.8. The van der Waals surface area contributed by atoms with Gasteiger partial charge in [0.2, 0.25) is 0 Å². The molecule has 0 unspecified atom stereocenters. The Morgan fingerprint density at radius 2 is 1.34 bits per heavy atom. The monoisotopic (exact) mass is 792 g/mol. The second-order valence-electron chi connectivity index (χ2n) is 9.76. The number of hydrogen-bond acceptors (Lipinski definition) is 7. The Morgan fingerprint density at radius 3 is 1.82 bits per heavy atom. The quantitative estimate of drug-likeness (QED) is 0.129. The van der Waals surface area contributed by atoms with Crippen LogP contribution in [0.2, 0.25) is 0 Å². The largest absolute Gasteiger partial charge is 0.490 e. The van der Waals surface area contributed by atoms with E-state index in [4.69, 9.17) is 40.2 Å². The molecule has 21 heteroatoms. The SMILES string of the molecule is Cc1cc(C[C@H](N)COc2cncc(-c3ccc4n[nH]c(C)c4c3)c2)ccc1Br.O=C(O)C(F)(F)F.O=C(O)C(F)(F)F.O=C(O)C(F)(F)F. The highest BCUT2D eigenvalue weighted by Gasteiger charge is 2.39. The molecule has 50 heavy (non-hydrogen) atoms. The maximum absolute atomic E-state index is 10.6.